The van der Waals surface area contributed by atoms with Gasteiger partial charge in [-0.2, -0.15) is 0 Å². The van der Waals surface area contributed by atoms with Crippen LogP contribution < -0.4 is 0 Å². The van der Waals surface area contributed by atoms with Crippen LogP contribution in [0.2, 0.25) is 0 Å². The molecule has 0 atom stereocenters. The number of amides is 1. The average Bonchev–Trinajstić information content (AvgIpc) is 2.71. The second-order valence-corrected chi connectivity index (χ2v) is 4.05. The number of rotatable bonds is 3. The van der Waals surface area contributed by atoms with Gasteiger partial charge in [0, 0.05) is 19.8 Å². The Balaban J connectivity index is 2.30. The van der Waals surface area contributed by atoms with Gasteiger partial charge in [-0.05, 0) is 36.6 Å². The molecule has 1 heterocycles. The largest absolute Gasteiger partial charge is 0.344 e. The summed E-state index contributed by atoms with van der Waals surface area (Å²) in [4.78, 5) is 13.4. The molecular weight excluding hydrogens is 219 g/mol. The Morgan fingerprint density at radius 1 is 1.41 bits per heavy atom. The first-order valence-electron chi connectivity index (χ1n) is 5.60. The molecule has 4 heteroatoms. The van der Waals surface area contributed by atoms with Crippen molar-refractivity contribution in [1.29, 1.82) is 0 Å². The first-order valence-corrected chi connectivity index (χ1v) is 5.60. The topological polar surface area (TPSA) is 25.2 Å². The van der Waals surface area contributed by atoms with E-state index in [1.54, 1.807) is 22.6 Å². The summed E-state index contributed by atoms with van der Waals surface area (Å²) in [5, 5.41) is 0.943. The van der Waals surface area contributed by atoms with Crippen molar-refractivity contribution in [3.8, 4) is 0 Å². The Kier molecular flexibility index (Phi) is 3.13. The zero-order chi connectivity index (χ0) is 12.4. The lowest BCUT2D eigenvalue weighted by Crippen LogP contribution is -2.29. The van der Waals surface area contributed by atoms with Crippen LogP contribution in [0.25, 0.3) is 10.9 Å². The number of halogens is 1. The lowest BCUT2D eigenvalue weighted by molar-refractivity contribution is -0.130. The van der Waals surface area contributed by atoms with Crippen LogP contribution >= 0.6 is 0 Å². The molecule has 0 unspecified atom stereocenters. The second kappa shape index (κ2) is 4.57. The van der Waals surface area contributed by atoms with Crippen molar-refractivity contribution in [3.63, 3.8) is 0 Å². The lowest BCUT2D eigenvalue weighted by atomic mass is 10.2. The Morgan fingerprint density at radius 3 is 2.88 bits per heavy atom. The zero-order valence-electron chi connectivity index (χ0n) is 9.98. The van der Waals surface area contributed by atoms with Crippen LogP contribution in [-0.2, 0) is 11.3 Å². The molecule has 2 aromatic rings. The van der Waals surface area contributed by atoms with Gasteiger partial charge in [0.2, 0.25) is 5.91 Å². The molecule has 3 nitrogen and oxygen atoms in total. The number of fused-ring (bicyclic) bond motifs is 1. The van der Waals surface area contributed by atoms with Crippen molar-refractivity contribution in [3.05, 3.63) is 36.3 Å². The first-order chi connectivity index (χ1) is 8.11. The van der Waals surface area contributed by atoms with Gasteiger partial charge in [0.1, 0.15) is 12.4 Å². The molecule has 0 saturated heterocycles. The molecule has 0 aliphatic heterocycles. The molecule has 0 radical (unpaired) electrons. The maximum Gasteiger partial charge on any atom is 0.242 e. The molecule has 0 N–H and O–H groups in total. The van der Waals surface area contributed by atoms with Gasteiger partial charge in [0.25, 0.3) is 0 Å². The van der Waals surface area contributed by atoms with Crippen LogP contribution in [0.1, 0.15) is 6.92 Å². The fourth-order valence-corrected chi connectivity index (χ4v) is 1.74. The van der Waals surface area contributed by atoms with E-state index in [1.807, 2.05) is 19.2 Å². The minimum absolute atomic E-state index is 0.0225. The van der Waals surface area contributed by atoms with E-state index in [1.165, 1.54) is 12.1 Å². The molecule has 0 aliphatic carbocycles. The summed E-state index contributed by atoms with van der Waals surface area (Å²) < 4.78 is 14.9. The van der Waals surface area contributed by atoms with E-state index in [-0.39, 0.29) is 18.3 Å². The van der Waals surface area contributed by atoms with E-state index >= 15 is 0 Å². The third-order valence-corrected chi connectivity index (χ3v) is 2.94. The maximum absolute atomic E-state index is 13.1. The third-order valence-electron chi connectivity index (χ3n) is 2.94. The van der Waals surface area contributed by atoms with Gasteiger partial charge < -0.3 is 9.47 Å². The van der Waals surface area contributed by atoms with Crippen molar-refractivity contribution in [2.75, 3.05) is 13.6 Å². The fraction of sp³-hybridized carbons (Fsp3) is 0.308. The Morgan fingerprint density at radius 2 is 2.18 bits per heavy atom. The highest BCUT2D eigenvalue weighted by molar-refractivity contribution is 5.83. The normalized spacial score (nSPS) is 10.8. The van der Waals surface area contributed by atoms with Crippen molar-refractivity contribution >= 4 is 16.8 Å². The predicted octanol–water partition coefficient (Wildman–Crippen LogP) is 2.26. The SMILES string of the molecule is CCN(C)C(=O)Cn1ccc2ccc(F)cc21. The van der Waals surface area contributed by atoms with E-state index in [0.717, 1.165) is 10.9 Å². The number of carbonyl (C=O) groups is 1. The predicted molar refractivity (Wildman–Crippen MR) is 65.2 cm³/mol. The summed E-state index contributed by atoms with van der Waals surface area (Å²) in [6, 6.07) is 6.48. The minimum atomic E-state index is -0.284. The molecule has 2 rings (SSSR count). The molecule has 0 aliphatic rings. The van der Waals surface area contributed by atoms with Crippen LogP contribution in [0, 0.1) is 5.82 Å². The van der Waals surface area contributed by atoms with Crippen LogP contribution in [0.15, 0.2) is 30.5 Å². The number of hydrogen-bond donors (Lipinski definition) is 0. The van der Waals surface area contributed by atoms with Crippen LogP contribution in [0.3, 0.4) is 0 Å². The van der Waals surface area contributed by atoms with Crippen LogP contribution in [0.5, 0.6) is 0 Å². The van der Waals surface area contributed by atoms with Gasteiger partial charge >= 0.3 is 0 Å². The van der Waals surface area contributed by atoms with Gasteiger partial charge in [-0.15, -0.1) is 0 Å². The maximum atomic E-state index is 13.1. The van der Waals surface area contributed by atoms with Crippen molar-refractivity contribution in [2.24, 2.45) is 0 Å². The van der Waals surface area contributed by atoms with Gasteiger partial charge in [0.05, 0.1) is 5.52 Å². The number of carbonyl (C=O) groups excluding carboxylic acids is 1. The van der Waals surface area contributed by atoms with Crippen LogP contribution in [0.4, 0.5) is 4.39 Å². The summed E-state index contributed by atoms with van der Waals surface area (Å²) in [6.45, 7) is 2.84. The number of likely N-dealkylation sites (N-methyl/N-ethyl adjacent to an activating group) is 1. The highest BCUT2D eigenvalue weighted by Crippen LogP contribution is 2.17. The first kappa shape index (κ1) is 11.6. The summed E-state index contributed by atoms with van der Waals surface area (Å²) in [5.74, 6) is -0.261. The van der Waals surface area contributed by atoms with Crippen molar-refractivity contribution < 1.29 is 9.18 Å². The van der Waals surface area contributed by atoms with Gasteiger partial charge in [-0.3, -0.25) is 4.79 Å². The van der Waals surface area contributed by atoms with E-state index in [2.05, 4.69) is 0 Å². The molecule has 0 fully saturated rings. The Hall–Kier alpha value is -1.84. The van der Waals surface area contributed by atoms with Crippen molar-refractivity contribution in [1.82, 2.24) is 9.47 Å². The standard InChI is InChI=1S/C13H15FN2O/c1-3-15(2)13(17)9-16-7-6-10-4-5-11(14)8-12(10)16/h4-8H,3,9H2,1-2H3. The number of aromatic nitrogens is 1. The van der Waals surface area contributed by atoms with E-state index in [0.29, 0.717) is 6.54 Å². The summed E-state index contributed by atoms with van der Waals surface area (Å²) in [7, 11) is 1.76. The number of hydrogen-bond acceptors (Lipinski definition) is 1. The minimum Gasteiger partial charge on any atom is -0.344 e. The van der Waals surface area contributed by atoms with Gasteiger partial charge in [0.15, 0.2) is 0 Å². The molecular formula is C13H15FN2O. The monoisotopic (exact) mass is 234 g/mol. The van der Waals surface area contributed by atoms with E-state index in [9.17, 15) is 9.18 Å². The van der Waals surface area contributed by atoms with E-state index < -0.39 is 0 Å². The number of nitrogens with zero attached hydrogens (tertiary/aromatic N) is 2. The van der Waals surface area contributed by atoms with Crippen molar-refractivity contribution in [2.45, 2.75) is 13.5 Å². The number of benzene rings is 1. The summed E-state index contributed by atoms with van der Waals surface area (Å²) in [5.41, 5.74) is 0.753. The van der Waals surface area contributed by atoms with Gasteiger partial charge in [-0.1, -0.05) is 0 Å². The molecule has 0 saturated carbocycles. The Bertz CT molecular complexity index is 547. The molecule has 1 aromatic heterocycles. The van der Waals surface area contributed by atoms with Gasteiger partial charge in [-0.25, -0.2) is 4.39 Å². The molecule has 17 heavy (non-hydrogen) atoms. The highest BCUT2D eigenvalue weighted by Gasteiger charge is 2.09. The summed E-state index contributed by atoms with van der Waals surface area (Å²) in [6.07, 6.45) is 1.81. The van der Waals surface area contributed by atoms with Crippen LogP contribution in [-0.4, -0.2) is 29.0 Å². The molecule has 1 amide bonds. The molecule has 0 spiro atoms. The quantitative estimate of drug-likeness (QED) is 0.799. The highest BCUT2D eigenvalue weighted by atomic mass is 19.1. The fourth-order valence-electron chi connectivity index (χ4n) is 1.74. The molecule has 90 valence electrons. The average molecular weight is 234 g/mol. The third kappa shape index (κ3) is 2.30. The molecule has 0 bridgehead atoms. The smallest absolute Gasteiger partial charge is 0.242 e. The Labute approximate surface area is 99.4 Å². The lowest BCUT2D eigenvalue weighted by Gasteiger charge is -2.15. The van der Waals surface area contributed by atoms with E-state index in [4.69, 9.17) is 0 Å². The summed E-state index contributed by atoms with van der Waals surface area (Å²) >= 11 is 0. The zero-order valence-corrected chi connectivity index (χ0v) is 9.98. The molecule has 1 aromatic carbocycles. The second-order valence-electron chi connectivity index (χ2n) is 4.05.